The molecule has 0 N–H and O–H groups in total. The Morgan fingerprint density at radius 3 is 1.03 bits per heavy atom. The van der Waals surface area contributed by atoms with E-state index in [4.69, 9.17) is 0 Å². The van der Waals surface area contributed by atoms with E-state index >= 15 is 0 Å². The van der Waals surface area contributed by atoms with Gasteiger partial charge in [-0.15, -0.1) is 0 Å². The zero-order valence-electron chi connectivity index (χ0n) is 32.6. The summed E-state index contributed by atoms with van der Waals surface area (Å²) >= 11 is 0. The van der Waals surface area contributed by atoms with E-state index in [0.717, 1.165) is 17.1 Å². The maximum atomic E-state index is 2.38. The van der Waals surface area contributed by atoms with Gasteiger partial charge in [-0.3, -0.25) is 0 Å². The van der Waals surface area contributed by atoms with Gasteiger partial charge in [-0.05, 0) is 114 Å². The molecular formula is C58H41N. The SMILES string of the molecule is c1ccc(-c2ccc(-c3ccc(N(c4ccc(-c5ccc(-c6ccccc6)cc5)cc4)c4ccc(-c5cccc6ccccc56)c(-c5ccccc5)c4)cc3)cc2)cc1. The first-order valence-electron chi connectivity index (χ1n) is 20.2. The molecule has 0 aliphatic carbocycles. The second kappa shape index (κ2) is 16.0. The maximum absolute atomic E-state index is 2.38. The van der Waals surface area contributed by atoms with Gasteiger partial charge in [0.25, 0.3) is 0 Å². The average Bonchev–Trinajstić information content (AvgIpc) is 3.33. The largest absolute Gasteiger partial charge is 0.310 e. The summed E-state index contributed by atoms with van der Waals surface area (Å²) in [5.41, 5.74) is 17.7. The number of anilines is 3. The number of fused-ring (bicyclic) bond motifs is 1. The highest BCUT2D eigenvalue weighted by atomic mass is 15.1. The summed E-state index contributed by atoms with van der Waals surface area (Å²) in [4.78, 5) is 2.38. The topological polar surface area (TPSA) is 3.24 Å². The van der Waals surface area contributed by atoms with E-state index in [1.54, 1.807) is 0 Å². The lowest BCUT2D eigenvalue weighted by Crippen LogP contribution is -2.10. The van der Waals surface area contributed by atoms with Crippen LogP contribution in [-0.4, -0.2) is 0 Å². The van der Waals surface area contributed by atoms with Crippen LogP contribution in [0.1, 0.15) is 0 Å². The molecule has 10 rings (SSSR count). The van der Waals surface area contributed by atoms with Gasteiger partial charge in [0, 0.05) is 17.1 Å². The zero-order chi connectivity index (χ0) is 39.4. The van der Waals surface area contributed by atoms with Gasteiger partial charge in [-0.1, -0.05) is 212 Å². The standard InChI is InChI=1S/C58H41N/c1-4-13-42(14-5-1)44-23-27-46(28-24-44)48-31-35-52(36-32-48)59(53-37-33-49(34-38-53)47-29-25-45(26-30-47)43-15-6-2-7-16-43)54-39-40-57(58(41-54)51-17-8-3-9-18-51)56-22-12-20-50-19-10-11-21-55(50)56/h1-41H. The highest BCUT2D eigenvalue weighted by Gasteiger charge is 2.18. The Morgan fingerprint density at radius 2 is 0.559 bits per heavy atom. The van der Waals surface area contributed by atoms with E-state index in [0.29, 0.717) is 0 Å². The number of hydrogen-bond acceptors (Lipinski definition) is 1. The monoisotopic (exact) mass is 751 g/mol. The van der Waals surface area contributed by atoms with Gasteiger partial charge in [0.05, 0.1) is 0 Å². The number of rotatable bonds is 9. The van der Waals surface area contributed by atoms with Crippen molar-refractivity contribution in [3.8, 4) is 66.8 Å². The minimum atomic E-state index is 1.09. The van der Waals surface area contributed by atoms with Crippen molar-refractivity contribution in [2.24, 2.45) is 0 Å². The average molecular weight is 752 g/mol. The summed E-state index contributed by atoms with van der Waals surface area (Å²) in [6, 6.07) is 89.8. The van der Waals surface area contributed by atoms with E-state index in [1.807, 2.05) is 0 Å². The van der Waals surface area contributed by atoms with Crippen molar-refractivity contribution in [1.29, 1.82) is 0 Å². The van der Waals surface area contributed by atoms with Crippen molar-refractivity contribution in [2.45, 2.75) is 0 Å². The molecule has 0 saturated carbocycles. The molecule has 0 aromatic heterocycles. The fourth-order valence-corrected chi connectivity index (χ4v) is 8.25. The van der Waals surface area contributed by atoms with Crippen molar-refractivity contribution in [3.05, 3.63) is 249 Å². The predicted octanol–water partition coefficient (Wildman–Crippen LogP) is 16.3. The molecule has 0 amide bonds. The van der Waals surface area contributed by atoms with Crippen LogP contribution in [-0.2, 0) is 0 Å². The summed E-state index contributed by atoms with van der Waals surface area (Å²) in [5, 5.41) is 2.48. The molecular weight excluding hydrogens is 711 g/mol. The Balaban J connectivity index is 1.06. The molecule has 0 fully saturated rings. The summed E-state index contributed by atoms with van der Waals surface area (Å²) in [6.45, 7) is 0. The zero-order valence-corrected chi connectivity index (χ0v) is 32.6. The third-order valence-corrected chi connectivity index (χ3v) is 11.3. The molecule has 59 heavy (non-hydrogen) atoms. The third kappa shape index (κ3) is 7.34. The maximum Gasteiger partial charge on any atom is 0.0468 e. The lowest BCUT2D eigenvalue weighted by atomic mass is 9.90. The third-order valence-electron chi connectivity index (χ3n) is 11.3. The Kier molecular flexibility index (Phi) is 9.68. The van der Waals surface area contributed by atoms with Crippen molar-refractivity contribution in [2.75, 3.05) is 4.90 Å². The van der Waals surface area contributed by atoms with E-state index in [-0.39, 0.29) is 0 Å². The van der Waals surface area contributed by atoms with Crippen molar-refractivity contribution >= 4 is 27.8 Å². The molecule has 278 valence electrons. The number of hydrogen-bond donors (Lipinski definition) is 0. The molecule has 0 saturated heterocycles. The summed E-state index contributed by atoms with van der Waals surface area (Å²) < 4.78 is 0. The van der Waals surface area contributed by atoms with Crippen LogP contribution >= 0.6 is 0 Å². The van der Waals surface area contributed by atoms with E-state index in [2.05, 4.69) is 254 Å². The molecule has 1 nitrogen and oxygen atoms in total. The molecule has 0 unspecified atom stereocenters. The van der Waals surface area contributed by atoms with Gasteiger partial charge in [-0.2, -0.15) is 0 Å². The normalized spacial score (nSPS) is 11.1. The van der Waals surface area contributed by atoms with Crippen molar-refractivity contribution < 1.29 is 0 Å². The second-order valence-corrected chi connectivity index (χ2v) is 14.9. The second-order valence-electron chi connectivity index (χ2n) is 14.9. The molecule has 0 spiro atoms. The summed E-state index contributed by atoms with van der Waals surface area (Å²) in [5.74, 6) is 0. The first-order valence-corrected chi connectivity index (χ1v) is 20.2. The minimum Gasteiger partial charge on any atom is -0.310 e. The van der Waals surface area contributed by atoms with E-state index in [1.165, 1.54) is 77.5 Å². The number of benzene rings is 10. The van der Waals surface area contributed by atoms with Crippen LogP contribution in [0.2, 0.25) is 0 Å². The quantitative estimate of drug-likeness (QED) is 0.142. The van der Waals surface area contributed by atoms with Gasteiger partial charge in [-0.25, -0.2) is 0 Å². The van der Waals surface area contributed by atoms with Gasteiger partial charge in [0.1, 0.15) is 0 Å². The van der Waals surface area contributed by atoms with Gasteiger partial charge in [0.2, 0.25) is 0 Å². The van der Waals surface area contributed by atoms with Crippen LogP contribution < -0.4 is 4.90 Å². The fraction of sp³-hybridized carbons (Fsp3) is 0. The molecule has 0 aliphatic heterocycles. The van der Waals surface area contributed by atoms with Crippen LogP contribution in [0.3, 0.4) is 0 Å². The minimum absolute atomic E-state index is 1.09. The fourth-order valence-electron chi connectivity index (χ4n) is 8.25. The Bertz CT molecular complexity index is 2840. The van der Waals surface area contributed by atoms with Crippen LogP contribution in [0, 0.1) is 0 Å². The molecule has 0 atom stereocenters. The molecule has 0 aliphatic rings. The highest BCUT2D eigenvalue weighted by Crippen LogP contribution is 2.43. The van der Waals surface area contributed by atoms with Crippen LogP contribution in [0.25, 0.3) is 77.5 Å². The van der Waals surface area contributed by atoms with Crippen LogP contribution in [0.15, 0.2) is 249 Å². The lowest BCUT2D eigenvalue weighted by Gasteiger charge is -2.27. The van der Waals surface area contributed by atoms with E-state index in [9.17, 15) is 0 Å². The van der Waals surface area contributed by atoms with Crippen molar-refractivity contribution in [3.63, 3.8) is 0 Å². The lowest BCUT2D eigenvalue weighted by molar-refractivity contribution is 1.28. The molecule has 0 bridgehead atoms. The smallest absolute Gasteiger partial charge is 0.0468 e. The first kappa shape index (κ1) is 35.7. The Hall–Kier alpha value is -7.74. The van der Waals surface area contributed by atoms with Gasteiger partial charge in [0.15, 0.2) is 0 Å². The summed E-state index contributed by atoms with van der Waals surface area (Å²) in [6.07, 6.45) is 0. The summed E-state index contributed by atoms with van der Waals surface area (Å²) in [7, 11) is 0. The molecule has 1 heteroatoms. The molecule has 10 aromatic carbocycles. The van der Waals surface area contributed by atoms with Gasteiger partial charge >= 0.3 is 0 Å². The first-order chi connectivity index (χ1) is 29.2. The predicted molar refractivity (Wildman–Crippen MR) is 251 cm³/mol. The van der Waals surface area contributed by atoms with Gasteiger partial charge < -0.3 is 4.90 Å². The Morgan fingerprint density at radius 1 is 0.203 bits per heavy atom. The molecule has 0 heterocycles. The Labute approximate surface area is 346 Å². The van der Waals surface area contributed by atoms with Crippen LogP contribution in [0.5, 0.6) is 0 Å². The van der Waals surface area contributed by atoms with E-state index < -0.39 is 0 Å². The van der Waals surface area contributed by atoms with Crippen LogP contribution in [0.4, 0.5) is 17.1 Å². The number of nitrogens with zero attached hydrogens (tertiary/aromatic N) is 1. The molecule has 0 radical (unpaired) electrons. The molecule has 10 aromatic rings. The highest BCUT2D eigenvalue weighted by molar-refractivity contribution is 6.01. The van der Waals surface area contributed by atoms with Crippen molar-refractivity contribution in [1.82, 2.24) is 0 Å².